The van der Waals surface area contributed by atoms with Gasteiger partial charge >= 0.3 is 31.7 Å². The number of nitrogens with zero attached hydrogens (tertiary/aromatic N) is 1. The highest BCUT2D eigenvalue weighted by molar-refractivity contribution is 7.46. The Labute approximate surface area is 628 Å². The number of carbonyl (C=O) groups is 6. The average Bonchev–Trinajstić information content (AvgIpc) is 1.01. The standard InChI is InChI=1S/C84H157N2O16P/c1-7-13-19-25-31-34-40-43-49-57-71(97-78(90)60-52-46-37-28-22-16-10-4)66-76(88)85-82-74(64-63-70-56-55-65-86(70)77(89)67-72(58-50-44-41-35-32-26-20-14-8-2)98-79(91)61-53-47-38-29-23-17-11-5)100-75(69-87)83(102-103(94,95)96)84(82)101-81(93)68-73(59-51-45-42-36-33-27-21-15-9-3)99-80(92)62-54-48-39-30-24-18-12-6/h70-75,82-84,87H,7-69H2,1-6H3,(H,85,88)(H2,94,95,96)/t70-,71+,72+,73+,74-,75?,82?,83-,84+/m0/s1. The van der Waals surface area contributed by atoms with E-state index in [0.29, 0.717) is 77.2 Å². The quantitative estimate of drug-likeness (QED) is 0.0191. The maximum atomic E-state index is 15.0. The third kappa shape index (κ3) is 51.0. The lowest BCUT2D eigenvalue weighted by Crippen LogP contribution is -2.66. The molecule has 2 unspecified atom stereocenters. The van der Waals surface area contributed by atoms with Gasteiger partial charge in [0.2, 0.25) is 11.8 Å². The van der Waals surface area contributed by atoms with Crippen molar-refractivity contribution in [3.63, 3.8) is 0 Å². The molecule has 0 bridgehead atoms. The minimum Gasteiger partial charge on any atom is -0.462 e. The Morgan fingerprint density at radius 1 is 0.417 bits per heavy atom. The molecule has 0 radical (unpaired) electrons. The lowest BCUT2D eigenvalue weighted by molar-refractivity contribution is -0.210. The third-order valence-electron chi connectivity index (χ3n) is 21.3. The van der Waals surface area contributed by atoms with Crippen LogP contribution in [0.2, 0.25) is 0 Å². The van der Waals surface area contributed by atoms with Gasteiger partial charge in [-0.05, 0) is 83.5 Å². The summed E-state index contributed by atoms with van der Waals surface area (Å²) in [6.45, 7) is 12.9. The number of aliphatic hydroxyl groups excluding tert-OH is 1. The summed E-state index contributed by atoms with van der Waals surface area (Å²) in [5, 5.41) is 14.2. The Morgan fingerprint density at radius 2 is 0.748 bits per heavy atom. The van der Waals surface area contributed by atoms with Crippen LogP contribution in [0.4, 0.5) is 0 Å². The first-order chi connectivity index (χ1) is 50.0. The van der Waals surface area contributed by atoms with Crippen LogP contribution >= 0.6 is 7.82 Å². The van der Waals surface area contributed by atoms with Crippen LogP contribution < -0.4 is 5.32 Å². The molecule has 2 heterocycles. The molecule has 2 rings (SSSR count). The fourth-order valence-electron chi connectivity index (χ4n) is 15.1. The molecule has 2 fully saturated rings. The van der Waals surface area contributed by atoms with Gasteiger partial charge in [0.25, 0.3) is 0 Å². The number of phosphoric acid groups is 1. The molecule has 0 saturated carbocycles. The largest absolute Gasteiger partial charge is 0.470 e. The first kappa shape index (κ1) is 95.9. The van der Waals surface area contributed by atoms with Crippen molar-refractivity contribution < 1.29 is 76.4 Å². The molecule has 9 atom stereocenters. The number of rotatable bonds is 71. The first-order valence-corrected chi connectivity index (χ1v) is 44.9. The predicted molar refractivity (Wildman–Crippen MR) is 415 cm³/mol. The maximum absolute atomic E-state index is 15.0. The van der Waals surface area contributed by atoms with Gasteiger partial charge in [0, 0.05) is 31.8 Å². The van der Waals surface area contributed by atoms with Gasteiger partial charge in [-0.3, -0.25) is 33.3 Å². The second-order valence-electron chi connectivity index (χ2n) is 30.9. The Hall–Kier alpha value is -3.15. The van der Waals surface area contributed by atoms with E-state index in [-0.39, 0.29) is 56.0 Å². The van der Waals surface area contributed by atoms with Crippen molar-refractivity contribution in [1.82, 2.24) is 10.2 Å². The number of nitrogens with one attached hydrogen (secondary N) is 1. The van der Waals surface area contributed by atoms with Crippen LogP contribution in [0.1, 0.15) is 433 Å². The van der Waals surface area contributed by atoms with Gasteiger partial charge in [0.05, 0.1) is 38.0 Å². The molecular formula is C84H157N2O16P. The molecule has 0 aliphatic carbocycles. The van der Waals surface area contributed by atoms with E-state index < -0.39 is 87.5 Å². The van der Waals surface area contributed by atoms with E-state index in [1.165, 1.54) is 116 Å². The number of phosphoric ester groups is 1. The number of likely N-dealkylation sites (tertiary alicyclic amines) is 1. The zero-order valence-electron chi connectivity index (χ0n) is 66.8. The van der Waals surface area contributed by atoms with Gasteiger partial charge in [-0.15, -0.1) is 0 Å². The van der Waals surface area contributed by atoms with Crippen molar-refractivity contribution in [3.8, 4) is 0 Å². The van der Waals surface area contributed by atoms with Crippen molar-refractivity contribution in [2.45, 2.75) is 488 Å². The van der Waals surface area contributed by atoms with Crippen molar-refractivity contribution in [3.05, 3.63) is 0 Å². The van der Waals surface area contributed by atoms with Crippen LogP contribution in [0, 0.1) is 0 Å². The summed E-state index contributed by atoms with van der Waals surface area (Å²) in [5.41, 5.74) is 0. The molecule has 18 nitrogen and oxygen atoms in total. The lowest BCUT2D eigenvalue weighted by Gasteiger charge is -2.46. The molecule has 4 N–H and O–H groups in total. The minimum atomic E-state index is -5.43. The summed E-state index contributed by atoms with van der Waals surface area (Å²) in [4.78, 5) is 108. The number of aliphatic hydroxyl groups is 1. The van der Waals surface area contributed by atoms with E-state index in [4.69, 9.17) is 28.2 Å². The summed E-state index contributed by atoms with van der Waals surface area (Å²) >= 11 is 0. The highest BCUT2D eigenvalue weighted by Crippen LogP contribution is 2.43. The van der Waals surface area contributed by atoms with E-state index in [1.807, 2.05) is 4.90 Å². The number of carbonyl (C=O) groups excluding carboxylic acids is 6. The van der Waals surface area contributed by atoms with Gasteiger partial charge in [-0.2, -0.15) is 0 Å². The normalized spacial score (nSPS) is 18.6. The minimum absolute atomic E-state index is 0.0410. The summed E-state index contributed by atoms with van der Waals surface area (Å²) in [6, 6.07) is -1.65. The second-order valence-corrected chi connectivity index (χ2v) is 32.1. The molecule has 0 aromatic rings. The predicted octanol–water partition coefficient (Wildman–Crippen LogP) is 21.5. The molecule has 19 heteroatoms. The fourth-order valence-corrected chi connectivity index (χ4v) is 15.6. The van der Waals surface area contributed by atoms with Gasteiger partial charge in [-0.1, -0.05) is 311 Å². The topological polar surface area (TPSA) is 251 Å². The Morgan fingerprint density at radius 3 is 1.10 bits per heavy atom. The van der Waals surface area contributed by atoms with Crippen molar-refractivity contribution in [2.24, 2.45) is 0 Å². The van der Waals surface area contributed by atoms with Crippen LogP contribution in [0.25, 0.3) is 0 Å². The Bertz CT molecular complexity index is 2150. The smallest absolute Gasteiger partial charge is 0.462 e. The summed E-state index contributed by atoms with van der Waals surface area (Å²) in [5.74, 6) is -2.65. The number of hydrogen-bond donors (Lipinski definition) is 4. The van der Waals surface area contributed by atoms with Crippen LogP contribution in [0.3, 0.4) is 0 Å². The molecule has 103 heavy (non-hydrogen) atoms. The number of amides is 2. The number of unbranched alkanes of at least 4 members (excludes halogenated alkanes) is 42. The van der Waals surface area contributed by atoms with Crippen LogP contribution in [-0.4, -0.2) is 123 Å². The maximum Gasteiger partial charge on any atom is 0.470 e. The van der Waals surface area contributed by atoms with Crippen molar-refractivity contribution in [2.75, 3.05) is 13.2 Å². The summed E-state index contributed by atoms with van der Waals surface area (Å²) < 4.78 is 50.0. The monoisotopic (exact) mass is 1480 g/mol. The molecule has 2 saturated heterocycles. The molecular weight excluding hydrogens is 1320 g/mol. The Kier molecular flexibility index (Phi) is 60.4. The summed E-state index contributed by atoms with van der Waals surface area (Å²) in [7, 11) is -5.43. The fraction of sp³-hybridized carbons (Fsp3) is 0.929. The van der Waals surface area contributed by atoms with Crippen LogP contribution in [-0.2, 0) is 61.5 Å². The van der Waals surface area contributed by atoms with E-state index in [2.05, 4.69) is 46.9 Å². The SMILES string of the molecule is CCCCCCCCCCC[C@H](CC(=O)NC1[C@H](CC[C@@H]2CCCN2C(=O)C[C@@H](CCCCCCCCCCC)OC(=O)CCCCCCCCC)OC(CO)[C@H](OP(=O)(O)O)[C@@H]1OC(=O)C[C@@H](CCCCCCCCCCC)OC(=O)CCCCCCCCC)OC(=O)CCCCCCCCC. The van der Waals surface area contributed by atoms with E-state index >= 15 is 0 Å². The average molecular weight is 1480 g/mol. The zero-order valence-corrected chi connectivity index (χ0v) is 67.7. The summed E-state index contributed by atoms with van der Waals surface area (Å²) in [6.07, 6.45) is 46.2. The van der Waals surface area contributed by atoms with Crippen LogP contribution in [0.15, 0.2) is 0 Å². The van der Waals surface area contributed by atoms with Gasteiger partial charge < -0.3 is 48.8 Å². The lowest BCUT2D eigenvalue weighted by atomic mass is 9.88. The molecule has 0 aromatic carbocycles. The second kappa shape index (κ2) is 64.8. The van der Waals surface area contributed by atoms with Crippen molar-refractivity contribution in [1.29, 1.82) is 0 Å². The van der Waals surface area contributed by atoms with E-state index in [0.717, 1.165) is 167 Å². The Balaban J connectivity index is 2.62. The highest BCUT2D eigenvalue weighted by atomic mass is 31.2. The molecule has 0 aromatic heterocycles. The molecule has 0 spiro atoms. The number of hydrogen-bond acceptors (Lipinski definition) is 14. The molecule has 2 aliphatic rings. The molecule has 604 valence electrons. The van der Waals surface area contributed by atoms with E-state index in [9.17, 15) is 48.2 Å². The molecule has 2 aliphatic heterocycles. The van der Waals surface area contributed by atoms with Gasteiger partial charge in [0.15, 0.2) is 6.10 Å². The zero-order chi connectivity index (χ0) is 75.2. The number of esters is 4. The number of ether oxygens (including phenoxy) is 5. The highest BCUT2D eigenvalue weighted by Gasteiger charge is 2.52. The van der Waals surface area contributed by atoms with Crippen molar-refractivity contribution >= 4 is 43.5 Å². The van der Waals surface area contributed by atoms with Gasteiger partial charge in [-0.25, -0.2) is 4.57 Å². The van der Waals surface area contributed by atoms with Crippen LogP contribution in [0.5, 0.6) is 0 Å². The van der Waals surface area contributed by atoms with E-state index in [1.54, 1.807) is 0 Å². The third-order valence-corrected chi connectivity index (χ3v) is 21.8. The molecule has 2 amide bonds. The first-order valence-electron chi connectivity index (χ1n) is 43.4. The van der Waals surface area contributed by atoms with Gasteiger partial charge in [0.1, 0.15) is 30.5 Å².